The van der Waals surface area contributed by atoms with E-state index in [0.29, 0.717) is 17.9 Å². The van der Waals surface area contributed by atoms with Gasteiger partial charge in [-0.1, -0.05) is 17.3 Å². The fourth-order valence-electron chi connectivity index (χ4n) is 1.78. The summed E-state index contributed by atoms with van der Waals surface area (Å²) in [7, 11) is 1.67. The molecule has 0 bridgehead atoms. The molecule has 0 radical (unpaired) electrons. The average Bonchev–Trinajstić information content (AvgIpc) is 2.54. The number of amidine groups is 1. The van der Waals surface area contributed by atoms with Crippen LogP contribution in [0.4, 0.5) is 0 Å². The smallest absolute Gasteiger partial charge is 0.230 e. The van der Waals surface area contributed by atoms with E-state index in [1.165, 1.54) is 0 Å². The Morgan fingerprint density at radius 2 is 2.05 bits per heavy atom. The molecule has 0 amide bonds. The van der Waals surface area contributed by atoms with Crippen molar-refractivity contribution in [1.29, 1.82) is 0 Å². The van der Waals surface area contributed by atoms with Gasteiger partial charge in [0.2, 0.25) is 5.88 Å². The predicted molar refractivity (Wildman–Crippen MR) is 78.8 cm³/mol. The molecule has 0 saturated carbocycles. The first-order chi connectivity index (χ1) is 10.2. The van der Waals surface area contributed by atoms with Crippen LogP contribution in [0.25, 0.3) is 0 Å². The Bertz CT molecular complexity index is 612. The molecule has 1 heterocycles. The quantitative estimate of drug-likeness (QED) is 0.368. The minimum Gasteiger partial charge on any atom is -0.438 e. The van der Waals surface area contributed by atoms with Gasteiger partial charge in [-0.15, -0.1) is 0 Å². The van der Waals surface area contributed by atoms with E-state index >= 15 is 0 Å². The molecule has 21 heavy (non-hydrogen) atoms. The minimum atomic E-state index is -0.0465. The third-order valence-electron chi connectivity index (χ3n) is 2.89. The fourth-order valence-corrected chi connectivity index (χ4v) is 1.78. The van der Waals surface area contributed by atoms with E-state index in [2.05, 4.69) is 10.1 Å². The van der Waals surface area contributed by atoms with Crippen molar-refractivity contribution < 1.29 is 14.7 Å². The number of benzene rings is 1. The van der Waals surface area contributed by atoms with Crippen LogP contribution in [0.1, 0.15) is 11.1 Å². The highest BCUT2D eigenvalue weighted by molar-refractivity contribution is 5.99. The van der Waals surface area contributed by atoms with Crippen molar-refractivity contribution in [2.75, 3.05) is 13.7 Å². The maximum absolute atomic E-state index is 8.77. The van der Waals surface area contributed by atoms with Crippen LogP contribution in [0.2, 0.25) is 0 Å². The molecule has 1 aromatic heterocycles. The lowest BCUT2D eigenvalue weighted by Gasteiger charge is -2.09. The zero-order valence-corrected chi connectivity index (χ0v) is 11.7. The van der Waals surface area contributed by atoms with E-state index in [0.717, 1.165) is 12.0 Å². The zero-order chi connectivity index (χ0) is 15.1. The molecule has 0 spiro atoms. The van der Waals surface area contributed by atoms with Crippen molar-refractivity contribution in [2.24, 2.45) is 10.9 Å². The number of aromatic nitrogens is 1. The molecule has 0 atom stereocenters. The number of nitrogens with zero attached hydrogens (tertiary/aromatic N) is 2. The molecular formula is C15H17N3O3. The van der Waals surface area contributed by atoms with Crippen LogP contribution < -0.4 is 10.5 Å². The van der Waals surface area contributed by atoms with Gasteiger partial charge in [0.25, 0.3) is 0 Å². The summed E-state index contributed by atoms with van der Waals surface area (Å²) in [5.41, 5.74) is 7.18. The minimum absolute atomic E-state index is 0.0465. The predicted octanol–water partition coefficient (Wildman–Crippen LogP) is 2.16. The molecule has 6 nitrogen and oxygen atoms in total. The van der Waals surface area contributed by atoms with E-state index in [1.54, 1.807) is 25.4 Å². The number of oxime groups is 1. The first-order valence-corrected chi connectivity index (χ1v) is 6.43. The summed E-state index contributed by atoms with van der Waals surface area (Å²) in [6.07, 6.45) is 2.42. The third kappa shape index (κ3) is 3.93. The van der Waals surface area contributed by atoms with Crippen LogP contribution in [0.5, 0.6) is 11.6 Å². The standard InChI is InChI=1S/C15H17N3O3/c1-20-10-8-11-4-6-12(7-5-11)21-15-13(14(16)18-19)3-2-9-17-15/h2-7,9,19H,8,10H2,1H3,(H2,16,18). The second-order valence-electron chi connectivity index (χ2n) is 4.33. The van der Waals surface area contributed by atoms with Crippen molar-refractivity contribution in [3.8, 4) is 11.6 Å². The number of pyridine rings is 1. The summed E-state index contributed by atoms with van der Waals surface area (Å²) in [5, 5.41) is 11.7. The number of hydrogen-bond donors (Lipinski definition) is 2. The molecule has 0 aliphatic heterocycles. The van der Waals surface area contributed by atoms with Gasteiger partial charge in [0.15, 0.2) is 5.84 Å². The highest BCUT2D eigenvalue weighted by Crippen LogP contribution is 2.23. The summed E-state index contributed by atoms with van der Waals surface area (Å²) in [4.78, 5) is 4.10. The Balaban J connectivity index is 2.15. The average molecular weight is 287 g/mol. The van der Waals surface area contributed by atoms with Gasteiger partial charge in [0, 0.05) is 13.3 Å². The van der Waals surface area contributed by atoms with Crippen molar-refractivity contribution >= 4 is 5.84 Å². The van der Waals surface area contributed by atoms with E-state index < -0.39 is 0 Å². The molecule has 1 aromatic carbocycles. The first-order valence-electron chi connectivity index (χ1n) is 6.43. The van der Waals surface area contributed by atoms with Gasteiger partial charge in [-0.2, -0.15) is 0 Å². The van der Waals surface area contributed by atoms with Gasteiger partial charge < -0.3 is 20.4 Å². The largest absolute Gasteiger partial charge is 0.438 e. The lowest BCUT2D eigenvalue weighted by Crippen LogP contribution is -2.14. The molecule has 3 N–H and O–H groups in total. The summed E-state index contributed by atoms with van der Waals surface area (Å²) in [6, 6.07) is 11.0. The summed E-state index contributed by atoms with van der Waals surface area (Å²) < 4.78 is 10.7. The maximum atomic E-state index is 8.77. The van der Waals surface area contributed by atoms with Crippen LogP contribution in [0, 0.1) is 0 Å². The second-order valence-corrected chi connectivity index (χ2v) is 4.33. The topological polar surface area (TPSA) is 90.0 Å². The Labute approximate surface area is 122 Å². The SMILES string of the molecule is COCCc1ccc(Oc2ncccc2/C(N)=N/O)cc1. The van der Waals surface area contributed by atoms with Gasteiger partial charge in [0.1, 0.15) is 5.75 Å². The summed E-state index contributed by atoms with van der Waals surface area (Å²) in [6.45, 7) is 0.675. The molecule has 0 aliphatic carbocycles. The van der Waals surface area contributed by atoms with Crippen molar-refractivity contribution in [2.45, 2.75) is 6.42 Å². The molecule has 2 aromatic rings. The van der Waals surface area contributed by atoms with Gasteiger partial charge in [0.05, 0.1) is 12.2 Å². The lowest BCUT2D eigenvalue weighted by atomic mass is 10.1. The van der Waals surface area contributed by atoms with E-state index in [4.69, 9.17) is 20.4 Å². The number of rotatable bonds is 6. The van der Waals surface area contributed by atoms with Crippen LogP contribution in [0.3, 0.4) is 0 Å². The van der Waals surface area contributed by atoms with Gasteiger partial charge >= 0.3 is 0 Å². The molecule has 0 unspecified atom stereocenters. The molecule has 110 valence electrons. The normalized spacial score (nSPS) is 11.4. The summed E-state index contributed by atoms with van der Waals surface area (Å²) in [5.74, 6) is 0.870. The van der Waals surface area contributed by atoms with Gasteiger partial charge in [-0.3, -0.25) is 0 Å². The van der Waals surface area contributed by atoms with E-state index in [-0.39, 0.29) is 11.7 Å². The number of nitrogens with two attached hydrogens (primary N) is 1. The Morgan fingerprint density at radius 1 is 1.29 bits per heavy atom. The zero-order valence-electron chi connectivity index (χ0n) is 11.7. The fraction of sp³-hybridized carbons (Fsp3) is 0.200. The molecule has 6 heteroatoms. The number of ether oxygens (including phenoxy) is 2. The first kappa shape index (κ1) is 14.8. The van der Waals surface area contributed by atoms with Crippen molar-refractivity contribution in [1.82, 2.24) is 4.98 Å². The van der Waals surface area contributed by atoms with E-state index in [9.17, 15) is 0 Å². The lowest BCUT2D eigenvalue weighted by molar-refractivity contribution is 0.202. The molecule has 0 fully saturated rings. The number of hydrogen-bond acceptors (Lipinski definition) is 5. The van der Waals surface area contributed by atoms with E-state index in [1.807, 2.05) is 24.3 Å². The highest BCUT2D eigenvalue weighted by Gasteiger charge is 2.10. The Morgan fingerprint density at radius 3 is 2.71 bits per heavy atom. The Hall–Kier alpha value is -2.60. The van der Waals surface area contributed by atoms with Gasteiger partial charge in [-0.05, 0) is 36.2 Å². The molecule has 0 aliphatic rings. The molecular weight excluding hydrogens is 270 g/mol. The van der Waals surface area contributed by atoms with Crippen LogP contribution >= 0.6 is 0 Å². The van der Waals surface area contributed by atoms with Crippen molar-refractivity contribution in [3.63, 3.8) is 0 Å². The van der Waals surface area contributed by atoms with Crippen LogP contribution in [-0.2, 0) is 11.2 Å². The third-order valence-corrected chi connectivity index (χ3v) is 2.89. The van der Waals surface area contributed by atoms with Crippen LogP contribution in [-0.4, -0.2) is 29.7 Å². The monoisotopic (exact) mass is 287 g/mol. The Kier molecular flexibility index (Phi) is 5.11. The number of methoxy groups -OCH3 is 1. The highest BCUT2D eigenvalue weighted by atomic mass is 16.5. The summed E-state index contributed by atoms with van der Waals surface area (Å²) >= 11 is 0. The van der Waals surface area contributed by atoms with Crippen molar-refractivity contribution in [3.05, 3.63) is 53.7 Å². The molecule has 2 rings (SSSR count). The van der Waals surface area contributed by atoms with Gasteiger partial charge in [-0.25, -0.2) is 4.98 Å². The molecule has 0 saturated heterocycles. The van der Waals surface area contributed by atoms with Crippen LogP contribution in [0.15, 0.2) is 47.8 Å². The second kappa shape index (κ2) is 7.25. The maximum Gasteiger partial charge on any atom is 0.230 e.